The Morgan fingerprint density at radius 2 is 2.00 bits per heavy atom. The van der Waals surface area contributed by atoms with Crippen molar-refractivity contribution in [1.82, 2.24) is 15.1 Å². The zero-order valence-corrected chi connectivity index (χ0v) is 22.2. The summed E-state index contributed by atoms with van der Waals surface area (Å²) in [5.41, 5.74) is 8.21. The van der Waals surface area contributed by atoms with E-state index in [1.807, 2.05) is 31.0 Å². The molecule has 0 saturated carbocycles. The van der Waals surface area contributed by atoms with Crippen molar-refractivity contribution < 1.29 is 9.90 Å². The SMILES string of the molecule is C=N/C(=N\C=C(/C)c1cn[nH]c1)c1ccc(N(C)C2CC(C)(C)N(C(=O)CCN)C(C)(C)C2)cc1O. The Bertz CT molecular complexity index is 1130. The van der Waals surface area contributed by atoms with E-state index in [2.05, 4.69) is 59.5 Å². The lowest BCUT2D eigenvalue weighted by Gasteiger charge is -2.57. The molecular formula is C27H39N7O2. The van der Waals surface area contributed by atoms with E-state index >= 15 is 0 Å². The number of nitrogens with zero attached hydrogens (tertiary/aromatic N) is 5. The minimum absolute atomic E-state index is 0.0777. The number of H-pyrrole nitrogens is 1. The van der Waals surface area contributed by atoms with Crippen LogP contribution in [0.25, 0.3) is 5.57 Å². The fraction of sp³-hybridized carbons (Fsp3) is 0.481. The second-order valence-corrected chi connectivity index (χ2v) is 10.7. The number of aromatic hydroxyl groups is 1. The summed E-state index contributed by atoms with van der Waals surface area (Å²) in [4.78, 5) is 25.5. The summed E-state index contributed by atoms with van der Waals surface area (Å²) >= 11 is 0. The van der Waals surface area contributed by atoms with Gasteiger partial charge in [0.25, 0.3) is 0 Å². The van der Waals surface area contributed by atoms with Crippen molar-refractivity contribution in [2.24, 2.45) is 15.7 Å². The summed E-state index contributed by atoms with van der Waals surface area (Å²) in [7, 11) is 2.03. The number of nitrogens with one attached hydrogen (secondary N) is 1. The van der Waals surface area contributed by atoms with E-state index in [0.29, 0.717) is 24.4 Å². The normalized spacial score (nSPS) is 18.2. The molecular weight excluding hydrogens is 454 g/mol. The molecule has 194 valence electrons. The number of phenolic OH excluding ortho intramolecular Hbond substituents is 1. The van der Waals surface area contributed by atoms with Crippen molar-refractivity contribution in [2.45, 2.75) is 71.0 Å². The standard InChI is InChI=1S/C27H39N7O2/c1-18(19-16-31-32-17-19)15-30-25(29-6)22-9-8-20(12-23(22)35)33(7)21-13-26(2,3)34(24(36)10-11-28)27(4,5)14-21/h8-9,12,15-17,21,35H,6,10-11,13-14,28H2,1-5,7H3,(H,31,32)/b18-15+,30-25-. The molecule has 0 atom stereocenters. The summed E-state index contributed by atoms with van der Waals surface area (Å²) in [6.45, 7) is 14.3. The maximum Gasteiger partial charge on any atom is 0.224 e. The molecule has 2 heterocycles. The highest BCUT2D eigenvalue weighted by atomic mass is 16.3. The van der Waals surface area contributed by atoms with Crippen LogP contribution in [-0.4, -0.2) is 69.4 Å². The Hall–Kier alpha value is -3.46. The van der Waals surface area contributed by atoms with Crippen LogP contribution >= 0.6 is 0 Å². The first kappa shape index (κ1) is 27.1. The van der Waals surface area contributed by atoms with Crippen molar-refractivity contribution in [3.8, 4) is 5.75 Å². The molecule has 1 fully saturated rings. The third-order valence-corrected chi connectivity index (χ3v) is 6.95. The van der Waals surface area contributed by atoms with E-state index in [1.54, 1.807) is 24.7 Å². The van der Waals surface area contributed by atoms with Crippen molar-refractivity contribution in [3.63, 3.8) is 0 Å². The minimum atomic E-state index is -0.333. The van der Waals surface area contributed by atoms with Crippen molar-refractivity contribution in [2.75, 3.05) is 18.5 Å². The molecule has 1 amide bonds. The molecule has 9 nitrogen and oxygen atoms in total. The first-order valence-corrected chi connectivity index (χ1v) is 12.2. The smallest absolute Gasteiger partial charge is 0.224 e. The topological polar surface area (TPSA) is 123 Å². The van der Waals surface area contributed by atoms with Gasteiger partial charge in [0.15, 0.2) is 5.84 Å². The van der Waals surface area contributed by atoms with Gasteiger partial charge in [-0.3, -0.25) is 9.89 Å². The molecule has 1 aromatic heterocycles. The number of benzene rings is 1. The molecule has 0 aliphatic carbocycles. The van der Waals surface area contributed by atoms with Crippen molar-refractivity contribution in [1.29, 1.82) is 0 Å². The average molecular weight is 494 g/mol. The number of hydrogen-bond donors (Lipinski definition) is 3. The summed E-state index contributed by atoms with van der Waals surface area (Å²) in [6.07, 6.45) is 7.12. The molecule has 4 N–H and O–H groups in total. The molecule has 2 aromatic rings. The van der Waals surface area contributed by atoms with Crippen LogP contribution in [0.4, 0.5) is 5.69 Å². The number of amides is 1. The molecule has 1 aliphatic rings. The van der Waals surface area contributed by atoms with E-state index < -0.39 is 0 Å². The number of anilines is 1. The maximum atomic E-state index is 12.9. The molecule has 0 radical (unpaired) electrons. The Labute approximate surface area is 213 Å². The molecule has 1 saturated heterocycles. The maximum absolute atomic E-state index is 12.9. The lowest BCUT2D eigenvalue weighted by Crippen LogP contribution is -2.66. The Morgan fingerprint density at radius 3 is 2.53 bits per heavy atom. The van der Waals surface area contributed by atoms with Crippen LogP contribution in [0.5, 0.6) is 5.75 Å². The predicted octanol–water partition coefficient (Wildman–Crippen LogP) is 3.96. The van der Waals surface area contributed by atoms with Crippen LogP contribution in [0.1, 0.15) is 65.0 Å². The predicted molar refractivity (Wildman–Crippen MR) is 147 cm³/mol. The molecule has 36 heavy (non-hydrogen) atoms. The highest BCUT2D eigenvalue weighted by Gasteiger charge is 2.48. The largest absolute Gasteiger partial charge is 0.507 e. The molecule has 0 unspecified atom stereocenters. The Balaban J connectivity index is 1.84. The Morgan fingerprint density at radius 1 is 1.33 bits per heavy atom. The molecule has 9 heteroatoms. The van der Waals surface area contributed by atoms with Gasteiger partial charge >= 0.3 is 0 Å². The quantitative estimate of drug-likeness (QED) is 0.398. The second-order valence-electron chi connectivity index (χ2n) is 10.7. The number of carbonyl (C=O) groups excluding carboxylic acids is 1. The minimum Gasteiger partial charge on any atom is -0.507 e. The number of nitrogens with two attached hydrogens (primary N) is 1. The van der Waals surface area contributed by atoms with Crippen LogP contribution in [0.3, 0.4) is 0 Å². The fourth-order valence-electron chi connectivity index (χ4n) is 5.45. The van der Waals surface area contributed by atoms with Gasteiger partial charge in [0.05, 0.1) is 11.8 Å². The summed E-state index contributed by atoms with van der Waals surface area (Å²) in [6, 6.07) is 5.67. The third-order valence-electron chi connectivity index (χ3n) is 6.95. The lowest BCUT2D eigenvalue weighted by molar-refractivity contribution is -0.149. The van der Waals surface area contributed by atoms with Crippen LogP contribution in [0.2, 0.25) is 0 Å². The van der Waals surface area contributed by atoms with Crippen molar-refractivity contribution in [3.05, 3.63) is 47.9 Å². The van der Waals surface area contributed by atoms with Crippen LogP contribution < -0.4 is 10.6 Å². The van der Waals surface area contributed by atoms with Crippen molar-refractivity contribution >= 4 is 29.7 Å². The average Bonchev–Trinajstić information content (AvgIpc) is 3.33. The number of amidine groups is 1. The molecule has 0 bridgehead atoms. The number of phenols is 1. The monoisotopic (exact) mass is 493 g/mol. The number of aliphatic imine (C=N–C) groups is 2. The van der Waals surface area contributed by atoms with Gasteiger partial charge in [-0.2, -0.15) is 5.10 Å². The first-order chi connectivity index (χ1) is 16.9. The van der Waals surface area contributed by atoms with Crippen LogP contribution in [-0.2, 0) is 4.79 Å². The number of rotatable bonds is 7. The van der Waals surface area contributed by atoms with Gasteiger partial charge in [0.1, 0.15) is 5.75 Å². The number of piperidine rings is 1. The number of carbonyl (C=O) groups is 1. The van der Waals surface area contributed by atoms with Gasteiger partial charge < -0.3 is 20.6 Å². The van der Waals surface area contributed by atoms with Gasteiger partial charge in [-0.15, -0.1) is 0 Å². The molecule has 0 spiro atoms. The van der Waals surface area contributed by atoms with Gasteiger partial charge in [0, 0.05) is 66.8 Å². The van der Waals surface area contributed by atoms with E-state index in [4.69, 9.17) is 5.73 Å². The molecule has 3 rings (SSSR count). The van der Waals surface area contributed by atoms with E-state index in [1.165, 1.54) is 0 Å². The van der Waals surface area contributed by atoms with E-state index in [-0.39, 0.29) is 28.8 Å². The zero-order chi connectivity index (χ0) is 26.7. The Kier molecular flexibility index (Phi) is 8.03. The molecule has 1 aliphatic heterocycles. The van der Waals surface area contributed by atoms with Crippen LogP contribution in [0, 0.1) is 0 Å². The van der Waals surface area contributed by atoms with Gasteiger partial charge in [-0.25, -0.2) is 9.98 Å². The fourth-order valence-corrected chi connectivity index (χ4v) is 5.45. The van der Waals surface area contributed by atoms with Crippen LogP contribution in [0.15, 0.2) is 46.8 Å². The third kappa shape index (κ3) is 5.67. The summed E-state index contributed by atoms with van der Waals surface area (Å²) in [5.74, 6) is 0.504. The summed E-state index contributed by atoms with van der Waals surface area (Å²) in [5, 5.41) is 17.6. The number of likely N-dealkylation sites (tertiary alicyclic amines) is 1. The number of aromatic amines is 1. The highest BCUT2D eigenvalue weighted by molar-refractivity contribution is 6.04. The van der Waals surface area contributed by atoms with E-state index in [0.717, 1.165) is 29.7 Å². The molecule has 1 aromatic carbocycles. The van der Waals surface area contributed by atoms with E-state index in [9.17, 15) is 9.90 Å². The van der Waals surface area contributed by atoms with Gasteiger partial charge in [-0.1, -0.05) is 0 Å². The number of aromatic nitrogens is 2. The zero-order valence-electron chi connectivity index (χ0n) is 22.2. The first-order valence-electron chi connectivity index (χ1n) is 12.2. The number of hydrogen-bond acceptors (Lipinski definition) is 6. The van der Waals surface area contributed by atoms with Gasteiger partial charge in [-0.05, 0) is 71.9 Å². The summed E-state index contributed by atoms with van der Waals surface area (Å²) < 4.78 is 0. The second kappa shape index (κ2) is 10.7. The number of allylic oxidation sites excluding steroid dienone is 1. The highest BCUT2D eigenvalue weighted by Crippen LogP contribution is 2.41. The lowest BCUT2D eigenvalue weighted by atomic mass is 9.76. The van der Waals surface area contributed by atoms with Gasteiger partial charge in [0.2, 0.25) is 5.91 Å².